The number of rotatable bonds is 10. The molecule has 138 valence electrons. The number of amides is 3. The maximum absolute atomic E-state index is 11.8. The number of nitrogens with one attached hydrogen (secondary N) is 4. The molecule has 0 aromatic heterocycles. The van der Waals surface area contributed by atoms with Gasteiger partial charge in [-0.05, 0) is 38.0 Å². The number of hydrogen-bond donors (Lipinski definition) is 4. The van der Waals surface area contributed by atoms with Gasteiger partial charge in [-0.1, -0.05) is 12.1 Å². The fraction of sp³-hybridized carbons (Fsp3) is 0.500. The average Bonchev–Trinajstić information content (AvgIpc) is 2.60. The van der Waals surface area contributed by atoms with Gasteiger partial charge in [0.2, 0.25) is 17.7 Å². The van der Waals surface area contributed by atoms with E-state index in [1.54, 1.807) is 6.92 Å². The van der Waals surface area contributed by atoms with Crippen LogP contribution < -0.4 is 21.3 Å². The zero-order chi connectivity index (χ0) is 18.7. The molecule has 1 aromatic carbocycles. The highest BCUT2D eigenvalue weighted by Gasteiger charge is 2.15. The summed E-state index contributed by atoms with van der Waals surface area (Å²) in [5.41, 5.74) is 2.17. The molecule has 7 heteroatoms. The van der Waals surface area contributed by atoms with E-state index in [1.165, 1.54) is 0 Å². The molecule has 1 atom stereocenters. The molecule has 25 heavy (non-hydrogen) atoms. The fourth-order valence-electron chi connectivity index (χ4n) is 2.21. The number of likely N-dealkylation sites (N-methyl/N-ethyl adjacent to an activating group) is 1. The van der Waals surface area contributed by atoms with Crippen LogP contribution in [0.15, 0.2) is 24.3 Å². The van der Waals surface area contributed by atoms with Crippen molar-refractivity contribution in [3.05, 3.63) is 29.8 Å². The molecule has 0 heterocycles. The quantitative estimate of drug-likeness (QED) is 0.503. The lowest BCUT2D eigenvalue weighted by atomic mass is 10.1. The van der Waals surface area contributed by atoms with Gasteiger partial charge < -0.3 is 21.3 Å². The van der Waals surface area contributed by atoms with E-state index in [4.69, 9.17) is 0 Å². The first kappa shape index (κ1) is 20.5. The monoisotopic (exact) mass is 348 g/mol. The Hall–Kier alpha value is -2.57. The molecule has 1 unspecified atom stereocenters. The van der Waals surface area contributed by atoms with Gasteiger partial charge in [0.1, 0.15) is 6.04 Å². The third-order valence-electron chi connectivity index (χ3n) is 3.68. The van der Waals surface area contributed by atoms with Crippen molar-refractivity contribution in [3.8, 4) is 0 Å². The molecule has 3 amide bonds. The summed E-state index contributed by atoms with van der Waals surface area (Å²) in [6.07, 6.45) is 0.898. The second kappa shape index (κ2) is 11.1. The Kier molecular flexibility index (Phi) is 9.06. The van der Waals surface area contributed by atoms with E-state index in [2.05, 4.69) is 21.3 Å². The number of hydrogen-bond acceptors (Lipinski definition) is 4. The minimum Gasteiger partial charge on any atom is -0.388 e. The Morgan fingerprint density at radius 2 is 1.64 bits per heavy atom. The van der Waals surface area contributed by atoms with Gasteiger partial charge in [-0.25, -0.2) is 0 Å². The van der Waals surface area contributed by atoms with Crippen LogP contribution in [0.5, 0.6) is 0 Å². The zero-order valence-corrected chi connectivity index (χ0v) is 15.1. The minimum atomic E-state index is -0.601. The molecule has 0 aliphatic heterocycles. The lowest BCUT2D eigenvalue weighted by Gasteiger charge is -2.13. The number of anilines is 1. The topological polar surface area (TPSA) is 99.3 Å². The third-order valence-corrected chi connectivity index (χ3v) is 3.68. The summed E-state index contributed by atoms with van der Waals surface area (Å²) in [5.74, 6) is -0.714. The summed E-state index contributed by atoms with van der Waals surface area (Å²) in [4.78, 5) is 35.0. The van der Waals surface area contributed by atoms with Crippen molar-refractivity contribution in [2.75, 3.05) is 25.5 Å². The molecule has 0 spiro atoms. The molecule has 0 aliphatic carbocycles. The molecule has 0 fully saturated rings. The van der Waals surface area contributed by atoms with Gasteiger partial charge in [0.15, 0.2) is 0 Å². The molecule has 1 aromatic rings. The van der Waals surface area contributed by atoms with Crippen molar-refractivity contribution in [2.24, 2.45) is 0 Å². The maximum Gasteiger partial charge on any atom is 0.242 e. The highest BCUT2D eigenvalue weighted by atomic mass is 16.2. The Labute approximate surface area is 148 Å². The first-order chi connectivity index (χ1) is 12.0. The van der Waals surface area contributed by atoms with Crippen molar-refractivity contribution in [1.29, 1.82) is 0 Å². The van der Waals surface area contributed by atoms with Crippen molar-refractivity contribution < 1.29 is 14.4 Å². The van der Waals surface area contributed by atoms with Gasteiger partial charge in [0, 0.05) is 38.7 Å². The minimum absolute atomic E-state index is 0.0619. The highest BCUT2D eigenvalue weighted by Crippen LogP contribution is 2.08. The molecule has 0 bridgehead atoms. The smallest absolute Gasteiger partial charge is 0.242 e. The molecular formula is C18H28N4O3. The molecule has 0 radical (unpaired) electrons. The summed E-state index contributed by atoms with van der Waals surface area (Å²) in [5, 5.41) is 11.1. The van der Waals surface area contributed by atoms with Crippen molar-refractivity contribution in [1.82, 2.24) is 16.0 Å². The van der Waals surface area contributed by atoms with Crippen molar-refractivity contribution >= 4 is 23.4 Å². The second-order valence-corrected chi connectivity index (χ2v) is 5.73. The summed E-state index contributed by atoms with van der Waals surface area (Å²) < 4.78 is 0. The van der Waals surface area contributed by atoms with E-state index in [0.717, 1.165) is 17.7 Å². The summed E-state index contributed by atoms with van der Waals surface area (Å²) in [6, 6.07) is 7.38. The largest absolute Gasteiger partial charge is 0.388 e. The van der Waals surface area contributed by atoms with Crippen LogP contribution in [-0.4, -0.2) is 43.9 Å². The average molecular weight is 348 g/mol. The number of benzene rings is 1. The van der Waals surface area contributed by atoms with Crippen molar-refractivity contribution in [2.45, 2.75) is 39.2 Å². The fourth-order valence-corrected chi connectivity index (χ4v) is 2.21. The molecule has 0 saturated heterocycles. The van der Waals surface area contributed by atoms with Gasteiger partial charge in [0.25, 0.3) is 0 Å². The van der Waals surface area contributed by atoms with E-state index < -0.39 is 6.04 Å². The predicted octanol–water partition coefficient (Wildman–Crippen LogP) is 0.808. The van der Waals surface area contributed by atoms with E-state index in [9.17, 15) is 14.4 Å². The Bertz CT molecular complexity index is 572. The van der Waals surface area contributed by atoms with Crippen molar-refractivity contribution in [3.63, 3.8) is 0 Å². The maximum atomic E-state index is 11.8. The highest BCUT2D eigenvalue weighted by molar-refractivity contribution is 5.89. The lowest BCUT2D eigenvalue weighted by Crippen LogP contribution is -2.44. The predicted molar refractivity (Wildman–Crippen MR) is 98.2 cm³/mol. The van der Waals surface area contributed by atoms with E-state index >= 15 is 0 Å². The number of carbonyl (C=O) groups is 3. The normalized spacial score (nSPS) is 11.3. The van der Waals surface area contributed by atoms with Crippen LogP contribution in [0.4, 0.5) is 5.69 Å². The first-order valence-electron chi connectivity index (χ1n) is 8.56. The van der Waals surface area contributed by atoms with E-state index in [1.807, 2.05) is 38.2 Å². The van der Waals surface area contributed by atoms with Gasteiger partial charge in [-0.15, -0.1) is 0 Å². The van der Waals surface area contributed by atoms with Gasteiger partial charge in [-0.3, -0.25) is 14.4 Å². The molecule has 0 saturated carbocycles. The van der Waals surface area contributed by atoms with Crippen LogP contribution in [-0.2, 0) is 20.8 Å². The lowest BCUT2D eigenvalue weighted by molar-refractivity contribution is -0.129. The van der Waals surface area contributed by atoms with Gasteiger partial charge in [-0.2, -0.15) is 0 Å². The van der Waals surface area contributed by atoms with Crippen LogP contribution in [0, 0.1) is 0 Å². The molecule has 7 nitrogen and oxygen atoms in total. The summed E-state index contributed by atoms with van der Waals surface area (Å²) in [7, 11) is 1.86. The standard InChI is InChI=1S/C18H28N4O3/c1-4-20-18(25)13(2)22-17(24)10-9-16(23)21-12-11-14-5-7-15(19-3)8-6-14/h5-8,13,19H,4,9-12H2,1-3H3,(H,20,25)(H,21,23)(H,22,24). The molecule has 0 aliphatic rings. The Morgan fingerprint density at radius 3 is 2.24 bits per heavy atom. The Balaban J connectivity index is 2.21. The van der Waals surface area contributed by atoms with Crippen LogP contribution in [0.25, 0.3) is 0 Å². The van der Waals surface area contributed by atoms with E-state index in [-0.39, 0.29) is 30.6 Å². The van der Waals surface area contributed by atoms with Gasteiger partial charge in [0.05, 0.1) is 0 Å². The van der Waals surface area contributed by atoms with Crippen LogP contribution in [0.3, 0.4) is 0 Å². The summed E-state index contributed by atoms with van der Waals surface area (Å²) in [6.45, 7) is 4.46. The SMILES string of the molecule is CCNC(=O)C(C)NC(=O)CCC(=O)NCCc1ccc(NC)cc1. The molecular weight excluding hydrogens is 320 g/mol. The van der Waals surface area contributed by atoms with Crippen LogP contribution >= 0.6 is 0 Å². The third kappa shape index (κ3) is 8.19. The summed E-state index contributed by atoms with van der Waals surface area (Å²) >= 11 is 0. The van der Waals surface area contributed by atoms with Crippen LogP contribution in [0.2, 0.25) is 0 Å². The first-order valence-corrected chi connectivity index (χ1v) is 8.56. The Morgan fingerprint density at radius 1 is 1.00 bits per heavy atom. The van der Waals surface area contributed by atoms with Crippen LogP contribution in [0.1, 0.15) is 32.3 Å². The van der Waals surface area contributed by atoms with E-state index in [0.29, 0.717) is 13.1 Å². The van der Waals surface area contributed by atoms with Gasteiger partial charge >= 0.3 is 0 Å². The molecule has 1 rings (SSSR count). The zero-order valence-electron chi connectivity index (χ0n) is 15.1. The molecule has 4 N–H and O–H groups in total. The second-order valence-electron chi connectivity index (χ2n) is 5.73. The number of carbonyl (C=O) groups excluding carboxylic acids is 3.